The van der Waals surface area contributed by atoms with Crippen molar-refractivity contribution in [3.63, 3.8) is 0 Å². The van der Waals surface area contributed by atoms with E-state index in [-0.39, 0.29) is 0 Å². The van der Waals surface area contributed by atoms with Crippen LogP contribution in [0, 0.1) is 0 Å². The molecule has 0 unspecified atom stereocenters. The van der Waals surface area contributed by atoms with Gasteiger partial charge in [-0.15, -0.1) is 11.3 Å². The molecule has 3 rings (SSSR count). The summed E-state index contributed by atoms with van der Waals surface area (Å²) in [4.78, 5) is 8.65. The smallest absolute Gasteiger partial charge is 0.184 e. The summed E-state index contributed by atoms with van der Waals surface area (Å²) in [6.07, 6.45) is 4.02. The van der Waals surface area contributed by atoms with Crippen molar-refractivity contribution in [2.24, 2.45) is 0 Å². The highest BCUT2D eigenvalue weighted by Crippen LogP contribution is 2.48. The Balaban J connectivity index is 1.98. The van der Waals surface area contributed by atoms with E-state index in [1.807, 2.05) is 0 Å². The number of rotatable bonds is 2. The van der Waals surface area contributed by atoms with Gasteiger partial charge < -0.3 is 0 Å². The Hall–Kier alpha value is -1.23. The van der Waals surface area contributed by atoms with Gasteiger partial charge in [-0.3, -0.25) is 5.10 Å². The molecule has 72 valence electrons. The molecular weight excluding hydrogens is 196 g/mol. The number of nitrogens with one attached hydrogen (secondary N) is 1. The number of aromatic nitrogens is 4. The molecule has 0 aromatic carbocycles. The zero-order valence-electron chi connectivity index (χ0n) is 7.82. The second kappa shape index (κ2) is 2.63. The number of hydrogen-bond donors (Lipinski definition) is 1. The van der Waals surface area contributed by atoms with E-state index in [0.29, 0.717) is 5.41 Å². The zero-order chi connectivity index (χ0) is 9.60. The van der Waals surface area contributed by atoms with Crippen LogP contribution in [0.15, 0.2) is 11.7 Å². The van der Waals surface area contributed by atoms with Gasteiger partial charge in [0.1, 0.15) is 6.33 Å². The summed E-state index contributed by atoms with van der Waals surface area (Å²) in [5, 5.41) is 9.71. The Morgan fingerprint density at radius 2 is 2.36 bits per heavy atom. The van der Waals surface area contributed by atoms with E-state index in [2.05, 4.69) is 32.5 Å². The van der Waals surface area contributed by atoms with E-state index in [9.17, 15) is 0 Å². The summed E-state index contributed by atoms with van der Waals surface area (Å²) in [5.74, 6) is 0.769. The lowest BCUT2D eigenvalue weighted by molar-refractivity contribution is 0.759. The average molecular weight is 206 g/mol. The Bertz CT molecular complexity index is 441. The fraction of sp³-hybridized carbons (Fsp3) is 0.444. The van der Waals surface area contributed by atoms with Crippen molar-refractivity contribution < 1.29 is 0 Å². The summed E-state index contributed by atoms with van der Waals surface area (Å²) in [6.45, 7) is 2.26. The highest BCUT2D eigenvalue weighted by Gasteiger charge is 2.41. The van der Waals surface area contributed by atoms with Crippen LogP contribution in [0.1, 0.15) is 25.5 Å². The monoisotopic (exact) mass is 206 g/mol. The van der Waals surface area contributed by atoms with E-state index >= 15 is 0 Å². The third kappa shape index (κ3) is 1.16. The lowest BCUT2D eigenvalue weighted by atomic mass is 10.1. The molecule has 1 N–H and O–H groups in total. The van der Waals surface area contributed by atoms with Crippen LogP contribution in [-0.2, 0) is 5.41 Å². The van der Waals surface area contributed by atoms with Crippen LogP contribution in [0.2, 0.25) is 0 Å². The molecule has 2 aromatic rings. The molecule has 0 aliphatic heterocycles. The molecule has 1 saturated carbocycles. The first-order valence-corrected chi connectivity index (χ1v) is 5.48. The predicted octanol–water partition coefficient (Wildman–Crippen LogP) is 1.98. The summed E-state index contributed by atoms with van der Waals surface area (Å²) in [7, 11) is 0. The zero-order valence-corrected chi connectivity index (χ0v) is 8.64. The lowest BCUT2D eigenvalue weighted by Gasteiger charge is -2.00. The maximum atomic E-state index is 4.57. The van der Waals surface area contributed by atoms with Gasteiger partial charge in [-0.1, -0.05) is 6.92 Å². The predicted molar refractivity (Wildman–Crippen MR) is 54.1 cm³/mol. The quantitative estimate of drug-likeness (QED) is 0.817. The normalized spacial score (nSPS) is 18.4. The molecule has 2 heterocycles. The minimum absolute atomic E-state index is 0.342. The van der Waals surface area contributed by atoms with Crippen LogP contribution >= 0.6 is 11.3 Å². The van der Waals surface area contributed by atoms with Crippen LogP contribution in [0.4, 0.5) is 0 Å². The third-order valence-corrected chi connectivity index (χ3v) is 3.59. The fourth-order valence-corrected chi connectivity index (χ4v) is 2.33. The Labute approximate surface area is 85.4 Å². The highest BCUT2D eigenvalue weighted by atomic mass is 32.1. The van der Waals surface area contributed by atoms with Gasteiger partial charge in [-0.05, 0) is 12.8 Å². The molecular formula is C9H10N4S. The SMILES string of the molecule is CC1(c2csc(-c3ncn[nH]3)n2)CC1. The highest BCUT2D eigenvalue weighted by molar-refractivity contribution is 7.13. The van der Waals surface area contributed by atoms with E-state index in [4.69, 9.17) is 0 Å². The number of thiazole rings is 1. The Morgan fingerprint density at radius 1 is 1.50 bits per heavy atom. The molecule has 14 heavy (non-hydrogen) atoms. The minimum atomic E-state index is 0.342. The van der Waals surface area contributed by atoms with Crippen molar-refractivity contribution in [1.29, 1.82) is 0 Å². The molecule has 0 atom stereocenters. The number of H-pyrrole nitrogens is 1. The van der Waals surface area contributed by atoms with Crippen molar-refractivity contribution in [2.45, 2.75) is 25.2 Å². The topological polar surface area (TPSA) is 54.5 Å². The summed E-state index contributed by atoms with van der Waals surface area (Å²) >= 11 is 1.63. The molecule has 1 fully saturated rings. The van der Waals surface area contributed by atoms with Crippen molar-refractivity contribution in [1.82, 2.24) is 20.2 Å². The lowest BCUT2D eigenvalue weighted by Crippen LogP contribution is -1.99. The largest absolute Gasteiger partial charge is 0.257 e. The molecule has 1 aliphatic rings. The molecule has 0 saturated heterocycles. The molecule has 0 bridgehead atoms. The average Bonchev–Trinajstić information content (AvgIpc) is 2.73. The van der Waals surface area contributed by atoms with Gasteiger partial charge in [-0.2, -0.15) is 5.10 Å². The van der Waals surface area contributed by atoms with E-state index in [1.54, 1.807) is 11.3 Å². The molecule has 2 aromatic heterocycles. The molecule has 0 spiro atoms. The Kier molecular flexibility index (Phi) is 1.53. The van der Waals surface area contributed by atoms with Gasteiger partial charge in [0.25, 0.3) is 0 Å². The van der Waals surface area contributed by atoms with Crippen molar-refractivity contribution in [2.75, 3.05) is 0 Å². The first-order chi connectivity index (χ1) is 6.78. The van der Waals surface area contributed by atoms with E-state index in [1.165, 1.54) is 24.9 Å². The van der Waals surface area contributed by atoms with Crippen LogP contribution in [0.25, 0.3) is 10.8 Å². The van der Waals surface area contributed by atoms with Crippen molar-refractivity contribution >= 4 is 11.3 Å². The second-order valence-corrected chi connectivity index (χ2v) is 4.79. The number of hydrogen-bond acceptors (Lipinski definition) is 4. The molecule has 0 radical (unpaired) electrons. The number of nitrogens with zero attached hydrogens (tertiary/aromatic N) is 3. The van der Waals surface area contributed by atoms with Crippen LogP contribution < -0.4 is 0 Å². The van der Waals surface area contributed by atoms with Gasteiger partial charge in [0.05, 0.1) is 5.69 Å². The van der Waals surface area contributed by atoms with Gasteiger partial charge >= 0.3 is 0 Å². The maximum Gasteiger partial charge on any atom is 0.184 e. The van der Waals surface area contributed by atoms with E-state index in [0.717, 1.165) is 10.8 Å². The first kappa shape index (κ1) is 8.11. The molecule has 4 nitrogen and oxygen atoms in total. The standard InChI is InChI=1S/C9H10N4S/c1-9(2-3-9)6-4-14-8(12-6)7-10-5-11-13-7/h4-5H,2-3H2,1H3,(H,10,11,13). The molecule has 5 heteroatoms. The van der Waals surface area contributed by atoms with Crippen molar-refractivity contribution in [3.8, 4) is 10.8 Å². The molecule has 0 amide bonds. The van der Waals surface area contributed by atoms with Crippen LogP contribution in [0.3, 0.4) is 0 Å². The summed E-state index contributed by atoms with van der Waals surface area (Å²) in [5.41, 5.74) is 1.54. The van der Waals surface area contributed by atoms with Gasteiger partial charge in [0.2, 0.25) is 0 Å². The van der Waals surface area contributed by atoms with Crippen LogP contribution in [0.5, 0.6) is 0 Å². The van der Waals surface area contributed by atoms with Gasteiger partial charge in [0, 0.05) is 10.8 Å². The maximum absolute atomic E-state index is 4.57. The van der Waals surface area contributed by atoms with E-state index < -0.39 is 0 Å². The first-order valence-electron chi connectivity index (χ1n) is 4.60. The summed E-state index contributed by atoms with van der Waals surface area (Å²) < 4.78 is 0. The second-order valence-electron chi connectivity index (χ2n) is 3.93. The van der Waals surface area contributed by atoms with Gasteiger partial charge in [0.15, 0.2) is 10.8 Å². The fourth-order valence-electron chi connectivity index (χ4n) is 1.41. The minimum Gasteiger partial charge on any atom is -0.257 e. The molecule has 1 aliphatic carbocycles. The Morgan fingerprint density at radius 3 is 3.00 bits per heavy atom. The third-order valence-electron chi connectivity index (χ3n) is 2.74. The number of aromatic amines is 1. The van der Waals surface area contributed by atoms with Gasteiger partial charge in [-0.25, -0.2) is 9.97 Å². The summed E-state index contributed by atoms with van der Waals surface area (Å²) in [6, 6.07) is 0. The van der Waals surface area contributed by atoms with Crippen molar-refractivity contribution in [3.05, 3.63) is 17.4 Å². The van der Waals surface area contributed by atoms with Crippen LogP contribution in [-0.4, -0.2) is 20.2 Å².